The summed E-state index contributed by atoms with van der Waals surface area (Å²) in [4.78, 5) is 13.2. The molecule has 11 heteroatoms. The van der Waals surface area contributed by atoms with Crippen molar-refractivity contribution in [3.05, 3.63) is 21.8 Å². The van der Waals surface area contributed by atoms with Crippen LogP contribution < -0.4 is 5.32 Å². The number of aromatic nitrogens is 3. The SMILES string of the molecule is Cn1c(SCC(=O)Nc2sc3c(c2C#N)CCC3)nnc1C(F)(F)F. The van der Waals surface area contributed by atoms with Crippen LogP contribution in [0, 0.1) is 11.3 Å². The van der Waals surface area contributed by atoms with Crippen molar-refractivity contribution in [2.24, 2.45) is 7.05 Å². The van der Waals surface area contributed by atoms with Gasteiger partial charge < -0.3 is 9.88 Å². The molecular weight excluding hydrogens is 375 g/mol. The molecule has 0 aromatic carbocycles. The largest absolute Gasteiger partial charge is 0.451 e. The van der Waals surface area contributed by atoms with Crippen LogP contribution in [0.4, 0.5) is 18.2 Å². The van der Waals surface area contributed by atoms with Crippen LogP contribution in [0.15, 0.2) is 5.16 Å². The van der Waals surface area contributed by atoms with E-state index in [0.29, 0.717) is 10.6 Å². The number of thioether (sulfide) groups is 1. The highest BCUT2D eigenvalue weighted by molar-refractivity contribution is 7.99. The van der Waals surface area contributed by atoms with E-state index >= 15 is 0 Å². The van der Waals surface area contributed by atoms with Gasteiger partial charge in [0, 0.05) is 11.9 Å². The summed E-state index contributed by atoms with van der Waals surface area (Å²) in [6.07, 6.45) is -1.85. The maximum atomic E-state index is 12.7. The van der Waals surface area contributed by atoms with Crippen LogP contribution in [0.5, 0.6) is 0 Å². The van der Waals surface area contributed by atoms with Crippen molar-refractivity contribution in [1.29, 1.82) is 5.26 Å². The summed E-state index contributed by atoms with van der Waals surface area (Å²) in [5.74, 6) is -1.65. The quantitative estimate of drug-likeness (QED) is 0.816. The van der Waals surface area contributed by atoms with Crippen LogP contribution in [-0.2, 0) is 30.9 Å². The van der Waals surface area contributed by atoms with E-state index in [4.69, 9.17) is 0 Å². The number of aryl methyl sites for hydroxylation is 1. The summed E-state index contributed by atoms with van der Waals surface area (Å²) in [6, 6.07) is 2.12. The molecule has 0 aliphatic heterocycles. The van der Waals surface area contributed by atoms with Gasteiger partial charge in [0.15, 0.2) is 5.16 Å². The number of rotatable bonds is 4. The summed E-state index contributed by atoms with van der Waals surface area (Å²) in [7, 11) is 1.20. The maximum absolute atomic E-state index is 12.7. The van der Waals surface area contributed by atoms with Crippen molar-refractivity contribution in [1.82, 2.24) is 14.8 Å². The van der Waals surface area contributed by atoms with Crippen molar-refractivity contribution < 1.29 is 18.0 Å². The third-order valence-corrected chi connectivity index (χ3v) is 5.93. The first-order valence-electron chi connectivity index (χ1n) is 7.25. The average molecular weight is 387 g/mol. The molecule has 0 atom stereocenters. The Morgan fingerprint density at radius 2 is 2.20 bits per heavy atom. The fourth-order valence-corrected chi connectivity index (χ4v) is 4.56. The molecule has 0 fully saturated rings. The molecule has 2 heterocycles. The number of fused-ring (bicyclic) bond motifs is 1. The molecule has 1 aliphatic carbocycles. The zero-order valence-electron chi connectivity index (χ0n) is 13.0. The molecule has 0 bridgehead atoms. The van der Waals surface area contributed by atoms with Crippen molar-refractivity contribution >= 4 is 34.0 Å². The second-order valence-electron chi connectivity index (χ2n) is 5.37. The number of carbonyl (C=O) groups is 1. The lowest BCUT2D eigenvalue weighted by Gasteiger charge is -2.06. The standard InChI is InChI=1S/C14H12F3N5OS2/c1-22-12(14(15,16)17)20-21-13(22)24-6-10(23)19-11-8(5-18)7-3-2-4-9(7)25-11/h2-4,6H2,1H3,(H,19,23). The first-order valence-corrected chi connectivity index (χ1v) is 9.05. The first-order chi connectivity index (χ1) is 11.8. The van der Waals surface area contributed by atoms with Crippen LogP contribution in [0.1, 0.15) is 28.2 Å². The van der Waals surface area contributed by atoms with E-state index < -0.39 is 17.9 Å². The predicted molar refractivity (Wildman–Crippen MR) is 86.4 cm³/mol. The monoisotopic (exact) mass is 387 g/mol. The third-order valence-electron chi connectivity index (χ3n) is 3.71. The van der Waals surface area contributed by atoms with Crippen LogP contribution in [0.25, 0.3) is 0 Å². The van der Waals surface area contributed by atoms with E-state index in [1.165, 1.54) is 18.4 Å². The van der Waals surface area contributed by atoms with Gasteiger partial charge in [0.2, 0.25) is 11.7 Å². The number of carbonyl (C=O) groups excluding carboxylic acids is 1. The highest BCUT2D eigenvalue weighted by Gasteiger charge is 2.37. The number of halogens is 3. The molecule has 0 saturated heterocycles. The smallest absolute Gasteiger partial charge is 0.316 e. The Bertz CT molecular complexity index is 865. The van der Waals surface area contributed by atoms with Gasteiger partial charge in [0.25, 0.3) is 0 Å². The first kappa shape index (κ1) is 17.8. The van der Waals surface area contributed by atoms with Gasteiger partial charge in [-0.1, -0.05) is 11.8 Å². The minimum Gasteiger partial charge on any atom is -0.316 e. The summed E-state index contributed by atoms with van der Waals surface area (Å²) in [6.45, 7) is 0. The number of nitrogens with one attached hydrogen (secondary N) is 1. The fourth-order valence-electron chi connectivity index (χ4n) is 2.59. The summed E-state index contributed by atoms with van der Waals surface area (Å²) in [5.41, 5.74) is 1.49. The van der Waals surface area contributed by atoms with Crippen molar-refractivity contribution in [2.45, 2.75) is 30.6 Å². The van der Waals surface area contributed by atoms with Gasteiger partial charge in [-0.15, -0.1) is 21.5 Å². The molecule has 1 N–H and O–H groups in total. The van der Waals surface area contributed by atoms with Gasteiger partial charge in [-0.3, -0.25) is 4.79 Å². The Morgan fingerprint density at radius 3 is 2.84 bits per heavy atom. The lowest BCUT2D eigenvalue weighted by atomic mass is 10.1. The van der Waals surface area contributed by atoms with Crippen LogP contribution >= 0.6 is 23.1 Å². The molecule has 0 spiro atoms. The molecule has 0 radical (unpaired) electrons. The van der Waals surface area contributed by atoms with Gasteiger partial charge in [0.05, 0.1) is 11.3 Å². The van der Waals surface area contributed by atoms with Gasteiger partial charge in [0.1, 0.15) is 11.1 Å². The topological polar surface area (TPSA) is 83.6 Å². The van der Waals surface area contributed by atoms with E-state index in [2.05, 4.69) is 21.6 Å². The summed E-state index contributed by atoms with van der Waals surface area (Å²) >= 11 is 2.24. The minimum absolute atomic E-state index is 0.00310. The zero-order chi connectivity index (χ0) is 18.2. The van der Waals surface area contributed by atoms with Gasteiger partial charge in [-0.05, 0) is 24.8 Å². The van der Waals surface area contributed by atoms with Crippen molar-refractivity contribution in [2.75, 3.05) is 11.1 Å². The number of thiophene rings is 1. The molecule has 6 nitrogen and oxygen atoms in total. The number of nitrogens with zero attached hydrogens (tertiary/aromatic N) is 4. The molecule has 132 valence electrons. The van der Waals surface area contributed by atoms with Crippen LogP contribution in [0.2, 0.25) is 0 Å². The Labute approximate surface area is 149 Å². The number of hydrogen-bond donors (Lipinski definition) is 1. The second kappa shape index (κ2) is 6.68. The van der Waals surface area contributed by atoms with Crippen LogP contribution in [0.3, 0.4) is 0 Å². The van der Waals surface area contributed by atoms with Gasteiger partial charge in [-0.25, -0.2) is 0 Å². The average Bonchev–Trinajstić information content (AvgIpc) is 3.19. The number of amides is 1. The van der Waals surface area contributed by atoms with E-state index in [9.17, 15) is 23.2 Å². The maximum Gasteiger partial charge on any atom is 0.451 e. The number of hydrogen-bond acceptors (Lipinski definition) is 6. The Kier molecular flexibility index (Phi) is 4.75. The molecule has 25 heavy (non-hydrogen) atoms. The Hall–Kier alpha value is -2.06. The Morgan fingerprint density at radius 1 is 1.44 bits per heavy atom. The molecule has 1 aliphatic rings. The molecule has 1 amide bonds. The second-order valence-corrected chi connectivity index (χ2v) is 7.42. The number of alkyl halides is 3. The predicted octanol–water partition coefficient (Wildman–Crippen LogP) is 2.99. The molecular formula is C14H12F3N5OS2. The van der Waals surface area contributed by atoms with E-state index in [0.717, 1.165) is 46.0 Å². The molecule has 0 unspecified atom stereocenters. The number of nitriles is 1. The van der Waals surface area contributed by atoms with Crippen molar-refractivity contribution in [3.63, 3.8) is 0 Å². The summed E-state index contributed by atoms with van der Waals surface area (Å²) in [5, 5.41) is 19.0. The zero-order valence-corrected chi connectivity index (χ0v) is 14.6. The Balaban J connectivity index is 1.65. The fraction of sp³-hybridized carbons (Fsp3) is 0.429. The molecule has 2 aromatic heterocycles. The van der Waals surface area contributed by atoms with Crippen molar-refractivity contribution in [3.8, 4) is 6.07 Å². The lowest BCUT2D eigenvalue weighted by Crippen LogP contribution is -2.15. The van der Waals surface area contributed by atoms with E-state index in [1.807, 2.05) is 0 Å². The highest BCUT2D eigenvalue weighted by atomic mass is 32.2. The highest BCUT2D eigenvalue weighted by Crippen LogP contribution is 2.38. The van der Waals surface area contributed by atoms with E-state index in [-0.39, 0.29) is 10.9 Å². The number of anilines is 1. The molecule has 3 rings (SSSR count). The normalized spacial score (nSPS) is 13.6. The summed E-state index contributed by atoms with van der Waals surface area (Å²) < 4.78 is 38.8. The van der Waals surface area contributed by atoms with Crippen LogP contribution in [-0.4, -0.2) is 26.4 Å². The minimum atomic E-state index is -4.60. The van der Waals surface area contributed by atoms with Gasteiger partial charge in [-0.2, -0.15) is 18.4 Å². The third kappa shape index (κ3) is 3.50. The molecule has 0 saturated carbocycles. The van der Waals surface area contributed by atoms with E-state index in [1.54, 1.807) is 0 Å². The lowest BCUT2D eigenvalue weighted by molar-refractivity contribution is -0.147. The molecule has 2 aromatic rings. The van der Waals surface area contributed by atoms with Gasteiger partial charge >= 0.3 is 6.18 Å².